The fourth-order valence-corrected chi connectivity index (χ4v) is 2.66. The quantitative estimate of drug-likeness (QED) is 0.755. The molecule has 0 aliphatic heterocycles. The molecule has 0 radical (unpaired) electrons. The molecule has 0 saturated heterocycles. The molecule has 0 fully saturated rings. The number of allylic oxidation sites excluding steroid dienone is 1. The highest BCUT2D eigenvalue weighted by atomic mass is 16.1. The third kappa shape index (κ3) is 5.72. The van der Waals surface area contributed by atoms with Gasteiger partial charge in [0.25, 0.3) is 0 Å². The Hall–Kier alpha value is -1.61. The van der Waals surface area contributed by atoms with E-state index in [-0.39, 0.29) is 11.9 Å². The van der Waals surface area contributed by atoms with E-state index in [1.807, 2.05) is 18.2 Å². The lowest BCUT2D eigenvalue weighted by atomic mass is 9.97. The lowest BCUT2D eigenvalue weighted by molar-refractivity contribution is -0.120. The molecule has 1 aliphatic carbocycles. The van der Waals surface area contributed by atoms with Gasteiger partial charge in [0.1, 0.15) is 0 Å². The van der Waals surface area contributed by atoms with E-state index < -0.39 is 0 Å². The van der Waals surface area contributed by atoms with Crippen LogP contribution in [0, 0.1) is 0 Å². The van der Waals surface area contributed by atoms with Crippen LogP contribution in [-0.2, 0) is 4.79 Å². The summed E-state index contributed by atoms with van der Waals surface area (Å²) in [6.45, 7) is 3.20. The van der Waals surface area contributed by atoms with Crippen LogP contribution in [0.25, 0.3) is 0 Å². The molecule has 1 aromatic carbocycles. The van der Waals surface area contributed by atoms with Crippen molar-refractivity contribution >= 4 is 5.91 Å². The second kappa shape index (κ2) is 8.63. The van der Waals surface area contributed by atoms with Gasteiger partial charge >= 0.3 is 0 Å². The van der Waals surface area contributed by atoms with E-state index in [9.17, 15) is 4.79 Å². The molecule has 1 atom stereocenters. The topological polar surface area (TPSA) is 41.1 Å². The number of benzene rings is 1. The zero-order valence-corrected chi connectivity index (χ0v) is 12.9. The van der Waals surface area contributed by atoms with Gasteiger partial charge in [-0.15, -0.1) is 0 Å². The molecule has 2 N–H and O–H groups in total. The number of carbonyl (C=O) groups excluding carboxylic acids is 1. The van der Waals surface area contributed by atoms with Gasteiger partial charge in [0, 0.05) is 12.6 Å². The molecule has 114 valence electrons. The minimum absolute atomic E-state index is 0.0780. The van der Waals surface area contributed by atoms with Crippen molar-refractivity contribution in [3.63, 3.8) is 0 Å². The summed E-state index contributed by atoms with van der Waals surface area (Å²) in [6.07, 6.45) is 8.37. The maximum absolute atomic E-state index is 11.8. The predicted octanol–water partition coefficient (Wildman–Crippen LogP) is 3.34. The van der Waals surface area contributed by atoms with Crippen molar-refractivity contribution < 1.29 is 4.79 Å². The molecule has 21 heavy (non-hydrogen) atoms. The first-order chi connectivity index (χ1) is 10.3. The summed E-state index contributed by atoms with van der Waals surface area (Å²) in [5.41, 5.74) is 2.71. The Labute approximate surface area is 127 Å². The van der Waals surface area contributed by atoms with Crippen LogP contribution in [0.1, 0.15) is 50.6 Å². The van der Waals surface area contributed by atoms with E-state index in [1.165, 1.54) is 36.8 Å². The number of carbonyl (C=O) groups is 1. The summed E-state index contributed by atoms with van der Waals surface area (Å²) >= 11 is 0. The molecule has 1 aromatic rings. The smallest absolute Gasteiger partial charge is 0.233 e. The van der Waals surface area contributed by atoms with Crippen LogP contribution in [0.2, 0.25) is 0 Å². The van der Waals surface area contributed by atoms with Crippen LogP contribution < -0.4 is 10.6 Å². The Balaban J connectivity index is 1.62. The van der Waals surface area contributed by atoms with Crippen LogP contribution in [-0.4, -0.2) is 19.0 Å². The monoisotopic (exact) mass is 286 g/mol. The van der Waals surface area contributed by atoms with E-state index in [1.54, 1.807) is 0 Å². The summed E-state index contributed by atoms with van der Waals surface area (Å²) in [5.74, 6) is 0.0780. The first kappa shape index (κ1) is 15.8. The summed E-state index contributed by atoms with van der Waals surface area (Å²) in [5, 5.41) is 6.25. The minimum atomic E-state index is 0.0780. The molecular formula is C18H26N2O. The van der Waals surface area contributed by atoms with Crippen LogP contribution in [0.5, 0.6) is 0 Å². The third-order valence-electron chi connectivity index (χ3n) is 4.02. The van der Waals surface area contributed by atoms with Crippen LogP contribution >= 0.6 is 0 Å². The fourth-order valence-electron chi connectivity index (χ4n) is 2.66. The van der Waals surface area contributed by atoms with Crippen LogP contribution in [0.3, 0.4) is 0 Å². The van der Waals surface area contributed by atoms with Crippen molar-refractivity contribution in [2.24, 2.45) is 0 Å². The van der Waals surface area contributed by atoms with E-state index in [4.69, 9.17) is 0 Å². The van der Waals surface area contributed by atoms with E-state index >= 15 is 0 Å². The first-order valence-corrected chi connectivity index (χ1v) is 7.98. The molecule has 2 rings (SSSR count). The van der Waals surface area contributed by atoms with Gasteiger partial charge in [0.2, 0.25) is 5.91 Å². The Morgan fingerprint density at radius 2 is 2.05 bits per heavy atom. The molecule has 0 heterocycles. The maximum Gasteiger partial charge on any atom is 0.233 e. The number of nitrogens with one attached hydrogen (secondary N) is 2. The van der Waals surface area contributed by atoms with Crippen molar-refractivity contribution in [3.8, 4) is 0 Å². The fraction of sp³-hybridized carbons (Fsp3) is 0.500. The molecule has 0 aromatic heterocycles. The van der Waals surface area contributed by atoms with Gasteiger partial charge in [0.05, 0.1) is 6.54 Å². The lowest BCUT2D eigenvalue weighted by Gasteiger charge is -2.15. The molecule has 1 aliphatic rings. The minimum Gasteiger partial charge on any atom is -0.355 e. The van der Waals surface area contributed by atoms with Gasteiger partial charge in [-0.1, -0.05) is 42.0 Å². The summed E-state index contributed by atoms with van der Waals surface area (Å²) < 4.78 is 0. The van der Waals surface area contributed by atoms with E-state index in [2.05, 4.69) is 35.8 Å². The van der Waals surface area contributed by atoms with E-state index in [0.717, 1.165) is 13.0 Å². The van der Waals surface area contributed by atoms with Crippen molar-refractivity contribution in [2.75, 3.05) is 13.1 Å². The highest BCUT2D eigenvalue weighted by Gasteiger charge is 2.08. The Bertz CT molecular complexity index is 467. The third-order valence-corrected chi connectivity index (χ3v) is 4.02. The number of amides is 1. The summed E-state index contributed by atoms with van der Waals surface area (Å²) in [7, 11) is 0. The maximum atomic E-state index is 11.8. The Morgan fingerprint density at radius 3 is 2.76 bits per heavy atom. The number of hydrogen-bond donors (Lipinski definition) is 2. The predicted molar refractivity (Wildman–Crippen MR) is 87.0 cm³/mol. The Morgan fingerprint density at radius 1 is 1.24 bits per heavy atom. The molecule has 3 nitrogen and oxygen atoms in total. The van der Waals surface area contributed by atoms with Gasteiger partial charge in [0.15, 0.2) is 0 Å². The largest absolute Gasteiger partial charge is 0.355 e. The number of rotatable bonds is 7. The first-order valence-electron chi connectivity index (χ1n) is 7.98. The zero-order chi connectivity index (χ0) is 14.9. The van der Waals surface area contributed by atoms with Crippen molar-refractivity contribution in [1.29, 1.82) is 0 Å². The van der Waals surface area contributed by atoms with Crippen molar-refractivity contribution in [2.45, 2.75) is 45.1 Å². The van der Waals surface area contributed by atoms with Gasteiger partial charge < -0.3 is 10.6 Å². The average molecular weight is 286 g/mol. The molecular weight excluding hydrogens is 260 g/mol. The molecule has 1 unspecified atom stereocenters. The second-order valence-electron chi connectivity index (χ2n) is 5.72. The highest BCUT2D eigenvalue weighted by Crippen LogP contribution is 2.19. The lowest BCUT2D eigenvalue weighted by Crippen LogP contribution is -2.35. The normalized spacial score (nSPS) is 16.1. The average Bonchev–Trinajstić information content (AvgIpc) is 2.54. The highest BCUT2D eigenvalue weighted by molar-refractivity contribution is 5.78. The molecule has 0 spiro atoms. The molecule has 1 amide bonds. The second-order valence-corrected chi connectivity index (χ2v) is 5.72. The van der Waals surface area contributed by atoms with Gasteiger partial charge in [-0.25, -0.2) is 0 Å². The molecule has 0 bridgehead atoms. The molecule has 0 saturated carbocycles. The summed E-state index contributed by atoms with van der Waals surface area (Å²) in [6, 6.07) is 10.4. The van der Waals surface area contributed by atoms with Gasteiger partial charge in [-0.2, -0.15) is 0 Å². The van der Waals surface area contributed by atoms with Crippen molar-refractivity contribution in [3.05, 3.63) is 47.5 Å². The van der Waals surface area contributed by atoms with Crippen LogP contribution in [0.15, 0.2) is 42.0 Å². The zero-order valence-electron chi connectivity index (χ0n) is 12.9. The molecule has 3 heteroatoms. The summed E-state index contributed by atoms with van der Waals surface area (Å²) in [4.78, 5) is 11.8. The van der Waals surface area contributed by atoms with E-state index in [0.29, 0.717) is 6.54 Å². The van der Waals surface area contributed by atoms with Crippen LogP contribution in [0.4, 0.5) is 0 Å². The Kier molecular flexibility index (Phi) is 6.48. The SMILES string of the molecule is CC(NCC(=O)NCCC1=CCCCC1)c1ccccc1. The van der Waals surface area contributed by atoms with Gasteiger partial charge in [-0.3, -0.25) is 4.79 Å². The standard InChI is InChI=1S/C18H26N2O/c1-15(17-10-6-3-7-11-17)20-14-18(21)19-13-12-16-8-4-2-5-9-16/h3,6-8,10-11,15,20H,2,4-5,9,12-14H2,1H3,(H,19,21). The number of hydrogen-bond acceptors (Lipinski definition) is 2. The van der Waals surface area contributed by atoms with Crippen molar-refractivity contribution in [1.82, 2.24) is 10.6 Å². The van der Waals surface area contributed by atoms with Gasteiger partial charge in [-0.05, 0) is 44.6 Å².